The summed E-state index contributed by atoms with van der Waals surface area (Å²) in [6.45, 7) is 7.61. The zero-order valence-electron chi connectivity index (χ0n) is 37.9. The molecule has 6 rings (SSSR count). The summed E-state index contributed by atoms with van der Waals surface area (Å²) in [4.78, 5) is 44.4. The maximum atomic E-state index is 15.2. The van der Waals surface area contributed by atoms with Crippen LogP contribution in [0.4, 0.5) is 34.9 Å². The van der Waals surface area contributed by atoms with Gasteiger partial charge in [-0.15, -0.1) is 0 Å². The minimum absolute atomic E-state index is 0.0366. The monoisotopic (exact) mass is 970 g/mol. The van der Waals surface area contributed by atoms with Gasteiger partial charge < -0.3 is 36.5 Å². The number of nitrogens with one attached hydrogen (secondary N) is 3. The summed E-state index contributed by atoms with van der Waals surface area (Å²) in [7, 11) is -4.22. The predicted molar refractivity (Wildman–Crippen MR) is 251 cm³/mol. The molecule has 4 heterocycles. The standard InChI is InChI=1S/C45H58F4N12O6S/c1-43(2,64)29-53-25-31(24-50)40-36(45(47,48)49)27-54-42(58-40)56-38-8-6-34(23-37(38)46)68(65,66)55-15-21-67-28-32(59-51)26-52-14-20-60-16-10-44(11-17-60)12-18-61(19-13-44)33-5-3-4-30(22-33)35-7-9-39(62)57-41(35)63/h3-6,8,22-27,35,55,64H,7,9-21,28-29,50-51H2,1-2H3,(H,54,56,58)(H,57,62,63)/b31-24+,52-26?,53-25?,59-32+. The Morgan fingerprint density at radius 1 is 1.06 bits per heavy atom. The summed E-state index contributed by atoms with van der Waals surface area (Å²) in [5.74, 6) is 3.29. The molecule has 1 unspecified atom stereocenters. The van der Waals surface area contributed by atoms with E-state index < -0.39 is 49.7 Å². The number of allylic oxidation sites excluding steroid dienone is 1. The Morgan fingerprint density at radius 3 is 2.46 bits per heavy atom. The molecule has 8 N–H and O–H groups in total. The number of likely N-dealkylation sites (tertiary alicyclic amines) is 1. The molecule has 1 aromatic heterocycles. The number of carbonyl (C=O) groups is 2. The van der Waals surface area contributed by atoms with Crippen molar-refractivity contribution in [3.8, 4) is 0 Å². The third-order valence-electron chi connectivity index (χ3n) is 12.1. The van der Waals surface area contributed by atoms with Gasteiger partial charge in [0, 0.05) is 68.7 Å². The molecule has 1 spiro atoms. The molecule has 68 heavy (non-hydrogen) atoms. The number of benzene rings is 2. The van der Waals surface area contributed by atoms with Gasteiger partial charge in [-0.1, -0.05) is 12.1 Å². The van der Waals surface area contributed by atoms with Crippen LogP contribution in [0.1, 0.15) is 75.1 Å². The highest BCUT2D eigenvalue weighted by Gasteiger charge is 2.38. The average Bonchev–Trinajstić information content (AvgIpc) is 3.29. The van der Waals surface area contributed by atoms with Crippen molar-refractivity contribution < 1.29 is 45.4 Å². The molecule has 3 saturated heterocycles. The number of alkyl halides is 3. The van der Waals surface area contributed by atoms with Gasteiger partial charge in [-0.2, -0.15) is 18.3 Å². The smallest absolute Gasteiger partial charge is 0.404 e. The molecular formula is C45H58F4N12O6S. The lowest BCUT2D eigenvalue weighted by Crippen LogP contribution is -2.47. The Hall–Kier alpha value is -5.88. The molecule has 0 saturated carbocycles. The number of ether oxygens (including phenoxy) is 1. The molecule has 0 bridgehead atoms. The van der Waals surface area contributed by atoms with Gasteiger partial charge in [-0.25, -0.2) is 27.5 Å². The van der Waals surface area contributed by atoms with Crippen LogP contribution in [0.25, 0.3) is 5.57 Å². The zero-order chi connectivity index (χ0) is 49.1. The van der Waals surface area contributed by atoms with E-state index in [-0.39, 0.29) is 55.3 Å². The second-order valence-corrected chi connectivity index (χ2v) is 19.4. The molecule has 2 amide bonds. The fourth-order valence-corrected chi connectivity index (χ4v) is 9.25. The lowest BCUT2D eigenvalue weighted by Gasteiger charge is -2.47. The largest absolute Gasteiger partial charge is 0.419 e. The number of imide groups is 1. The summed E-state index contributed by atoms with van der Waals surface area (Å²) in [6.07, 6.45) is 4.28. The van der Waals surface area contributed by atoms with Gasteiger partial charge in [0.15, 0.2) is 0 Å². The number of amides is 2. The van der Waals surface area contributed by atoms with Gasteiger partial charge in [0.2, 0.25) is 27.8 Å². The van der Waals surface area contributed by atoms with E-state index >= 15 is 4.39 Å². The van der Waals surface area contributed by atoms with Gasteiger partial charge in [0.05, 0.1) is 54.1 Å². The number of hydrogen-bond acceptors (Lipinski definition) is 16. The van der Waals surface area contributed by atoms with Crippen molar-refractivity contribution in [2.75, 3.05) is 75.8 Å². The van der Waals surface area contributed by atoms with Gasteiger partial charge in [-0.05, 0) is 100 Å². The minimum atomic E-state index is -4.89. The number of nitrogens with two attached hydrogens (primary N) is 2. The number of piperidine rings is 3. The highest BCUT2D eigenvalue weighted by atomic mass is 32.2. The number of halogens is 4. The Kier molecular flexibility index (Phi) is 17.0. The molecule has 368 valence electrons. The lowest BCUT2D eigenvalue weighted by atomic mass is 9.71. The first-order valence-electron chi connectivity index (χ1n) is 22.2. The molecule has 3 aromatic rings. The number of hydrazone groups is 1. The van der Waals surface area contributed by atoms with Crippen LogP contribution in [0.2, 0.25) is 0 Å². The lowest BCUT2D eigenvalue weighted by molar-refractivity contribution is -0.138. The van der Waals surface area contributed by atoms with E-state index in [1.54, 1.807) is 0 Å². The van der Waals surface area contributed by atoms with Crippen molar-refractivity contribution >= 4 is 62.9 Å². The number of anilines is 3. The van der Waals surface area contributed by atoms with Crippen molar-refractivity contribution in [3.63, 3.8) is 0 Å². The first-order valence-corrected chi connectivity index (χ1v) is 23.7. The molecule has 3 aliphatic rings. The average molecular weight is 971 g/mol. The third kappa shape index (κ3) is 14.1. The van der Waals surface area contributed by atoms with Gasteiger partial charge >= 0.3 is 6.18 Å². The number of aromatic nitrogens is 2. The maximum absolute atomic E-state index is 15.2. The molecule has 18 nitrogen and oxygen atoms in total. The molecule has 1 atom stereocenters. The molecule has 0 aliphatic carbocycles. The van der Waals surface area contributed by atoms with E-state index in [9.17, 15) is 36.3 Å². The Bertz CT molecular complexity index is 2500. The van der Waals surface area contributed by atoms with Crippen LogP contribution in [-0.2, 0) is 30.5 Å². The number of carbonyl (C=O) groups excluding carboxylic acids is 2. The number of rotatable bonds is 19. The molecule has 3 fully saturated rings. The van der Waals surface area contributed by atoms with Crippen LogP contribution in [0.5, 0.6) is 0 Å². The SMILES string of the molecule is CC(C)(O)CN=C/C(=C\N)c1nc(Nc2ccc(S(=O)(=O)NCCOC/C(C=NCCN3CCC4(CC3)CCN(c3cccc(C5CCC(=O)NC5=O)c3)CC4)=N/N)cc2F)ncc1C(F)(F)F. The van der Waals surface area contributed by atoms with Gasteiger partial charge in [-0.3, -0.25) is 24.9 Å². The Morgan fingerprint density at radius 2 is 1.79 bits per heavy atom. The van der Waals surface area contributed by atoms with Gasteiger partial charge in [0.25, 0.3) is 0 Å². The Balaban J connectivity index is 0.898. The van der Waals surface area contributed by atoms with Crippen LogP contribution in [0.3, 0.4) is 0 Å². The molecule has 2 aromatic carbocycles. The number of nitrogens with zero attached hydrogens (tertiary/aromatic N) is 7. The molecule has 3 aliphatic heterocycles. The molecular weight excluding hydrogens is 913 g/mol. The van der Waals surface area contributed by atoms with Crippen molar-refractivity contribution in [1.29, 1.82) is 0 Å². The van der Waals surface area contributed by atoms with Gasteiger partial charge in [0.1, 0.15) is 17.1 Å². The van der Waals surface area contributed by atoms with E-state index in [0.717, 1.165) is 100 Å². The third-order valence-corrected chi connectivity index (χ3v) is 13.6. The van der Waals surface area contributed by atoms with E-state index in [2.05, 4.69) is 62.3 Å². The molecule has 23 heteroatoms. The minimum Gasteiger partial charge on any atom is -0.404 e. The van der Waals surface area contributed by atoms with Crippen LogP contribution in [0, 0.1) is 11.2 Å². The highest BCUT2D eigenvalue weighted by molar-refractivity contribution is 7.89. The second-order valence-electron chi connectivity index (χ2n) is 17.7. The quantitative estimate of drug-likeness (QED) is 0.0248. The molecule has 0 radical (unpaired) electrons. The normalized spacial score (nSPS) is 19.0. The van der Waals surface area contributed by atoms with E-state index in [4.69, 9.17) is 16.3 Å². The van der Waals surface area contributed by atoms with E-state index in [1.807, 2.05) is 12.1 Å². The Labute approximate surface area is 392 Å². The first-order chi connectivity index (χ1) is 32.3. The number of aliphatic imine (C=N–C) groups is 2. The van der Waals surface area contributed by atoms with Crippen LogP contribution < -0.4 is 31.8 Å². The van der Waals surface area contributed by atoms with E-state index in [0.29, 0.717) is 36.7 Å². The van der Waals surface area contributed by atoms with Crippen molar-refractivity contribution in [2.45, 2.75) is 75.0 Å². The number of sulfonamides is 1. The zero-order valence-corrected chi connectivity index (χ0v) is 38.8. The van der Waals surface area contributed by atoms with E-state index in [1.165, 1.54) is 20.1 Å². The maximum Gasteiger partial charge on any atom is 0.419 e. The summed E-state index contributed by atoms with van der Waals surface area (Å²) in [5.41, 5.74) is 4.58. The van der Waals surface area contributed by atoms with Crippen molar-refractivity contribution in [1.82, 2.24) is 24.9 Å². The second kappa shape index (κ2) is 22.5. The van der Waals surface area contributed by atoms with Crippen molar-refractivity contribution in [2.24, 2.45) is 32.1 Å². The summed E-state index contributed by atoms with van der Waals surface area (Å²) in [6, 6.07) is 11.0. The summed E-state index contributed by atoms with van der Waals surface area (Å²) >= 11 is 0. The topological polar surface area (TPSA) is 255 Å². The highest BCUT2D eigenvalue weighted by Crippen LogP contribution is 2.42. The first kappa shape index (κ1) is 51.5. The fraction of sp³-hybridized carbons (Fsp3) is 0.489. The van der Waals surface area contributed by atoms with Crippen LogP contribution in [0.15, 0.2) is 74.8 Å². The summed E-state index contributed by atoms with van der Waals surface area (Å²) in [5, 5.41) is 18.5. The van der Waals surface area contributed by atoms with Crippen LogP contribution >= 0.6 is 0 Å². The van der Waals surface area contributed by atoms with Crippen LogP contribution in [-0.4, -0.2) is 130 Å². The fourth-order valence-electron chi connectivity index (χ4n) is 8.23. The predicted octanol–water partition coefficient (Wildman–Crippen LogP) is 4.10. The number of hydrogen-bond donors (Lipinski definition) is 6. The van der Waals surface area contributed by atoms with Crippen molar-refractivity contribution in [3.05, 3.63) is 77.5 Å². The number of aliphatic hydroxyl groups is 1. The summed E-state index contributed by atoms with van der Waals surface area (Å²) < 4.78 is 90.5.